The Morgan fingerprint density at radius 3 is 1.00 bits per heavy atom. The highest BCUT2D eigenvalue weighted by molar-refractivity contribution is 5.70. The monoisotopic (exact) mass is 913 g/mol. The zero-order chi connectivity index (χ0) is 47.7. The molecule has 0 aliphatic carbocycles. The molecule has 0 spiro atoms. The lowest BCUT2D eigenvalue weighted by Crippen LogP contribution is -2.28. The summed E-state index contributed by atoms with van der Waals surface area (Å²) in [5, 5.41) is 9.63. The predicted molar refractivity (Wildman–Crippen MR) is 288 cm³/mol. The van der Waals surface area contributed by atoms with Gasteiger partial charge in [0.05, 0.1) is 6.61 Å². The van der Waals surface area contributed by atoms with Crippen molar-refractivity contribution >= 4 is 11.9 Å². The minimum atomic E-state index is -0.788. The van der Waals surface area contributed by atoms with E-state index >= 15 is 0 Å². The quantitative estimate of drug-likeness (QED) is 0.0374. The smallest absolute Gasteiger partial charge is 0.306 e. The second-order valence-electron chi connectivity index (χ2n) is 17.6. The number of allylic oxidation sites excluding steroid dienone is 20. The first-order valence-corrected chi connectivity index (χ1v) is 27.1. The summed E-state index contributed by atoms with van der Waals surface area (Å²) in [4.78, 5) is 24.5. The number of carbonyl (C=O) groups is 2. The summed E-state index contributed by atoms with van der Waals surface area (Å²) < 4.78 is 10.7. The standard InChI is InChI=1S/C61H100O5/c1-3-5-7-9-11-13-15-17-19-21-22-23-24-25-26-27-28-29-30-31-32-33-34-35-36-37-38-40-42-44-46-48-50-52-54-56-61(64)66-59(57-62)58-65-60(63)55-53-51-49-47-45-43-41-39-20-18-16-14-12-10-8-6-4-2/h5,7,11,13,17-20,22-23,25-26,28-29,31-32,34-35,37-38,59,62H,3-4,6,8-10,12,14-16,21,24,27,30,33,36,39-58H2,1-2H3/b7-5-,13-11-,19-17-,20-18-,23-22-,26-25-,29-28-,32-31-,35-34-,38-37-. The van der Waals surface area contributed by atoms with Crippen LogP contribution < -0.4 is 0 Å². The van der Waals surface area contributed by atoms with Crippen molar-refractivity contribution in [3.8, 4) is 0 Å². The van der Waals surface area contributed by atoms with Gasteiger partial charge in [-0.15, -0.1) is 0 Å². The molecule has 0 bridgehead atoms. The lowest BCUT2D eigenvalue weighted by molar-refractivity contribution is -0.161. The van der Waals surface area contributed by atoms with Crippen LogP contribution in [0.2, 0.25) is 0 Å². The van der Waals surface area contributed by atoms with Crippen molar-refractivity contribution < 1.29 is 24.2 Å². The number of aliphatic hydroxyl groups excluding tert-OH is 1. The molecule has 0 saturated heterocycles. The Bertz CT molecular complexity index is 1350. The van der Waals surface area contributed by atoms with Crippen molar-refractivity contribution in [2.45, 2.75) is 238 Å². The van der Waals surface area contributed by atoms with E-state index in [1.54, 1.807) is 0 Å². The lowest BCUT2D eigenvalue weighted by atomic mass is 10.1. The maximum Gasteiger partial charge on any atom is 0.306 e. The molecule has 0 amide bonds. The number of hydrogen-bond acceptors (Lipinski definition) is 5. The Kier molecular flexibility index (Phi) is 52.5. The fourth-order valence-corrected chi connectivity index (χ4v) is 7.19. The number of esters is 2. The second kappa shape index (κ2) is 55.6. The van der Waals surface area contributed by atoms with Crippen molar-refractivity contribution in [1.82, 2.24) is 0 Å². The van der Waals surface area contributed by atoms with E-state index in [1.165, 1.54) is 103 Å². The van der Waals surface area contributed by atoms with Gasteiger partial charge in [-0.25, -0.2) is 0 Å². The minimum absolute atomic E-state index is 0.0786. The van der Waals surface area contributed by atoms with Crippen LogP contribution in [0.4, 0.5) is 0 Å². The van der Waals surface area contributed by atoms with E-state index in [2.05, 4.69) is 135 Å². The number of unbranched alkanes of at least 4 members (excludes halogenated alkanes) is 20. The Morgan fingerprint density at radius 1 is 0.364 bits per heavy atom. The van der Waals surface area contributed by atoms with Gasteiger partial charge < -0.3 is 14.6 Å². The van der Waals surface area contributed by atoms with Crippen molar-refractivity contribution in [2.24, 2.45) is 0 Å². The van der Waals surface area contributed by atoms with Gasteiger partial charge in [-0.3, -0.25) is 9.59 Å². The van der Waals surface area contributed by atoms with Gasteiger partial charge in [0.2, 0.25) is 0 Å². The van der Waals surface area contributed by atoms with E-state index in [1.807, 2.05) is 0 Å². The van der Waals surface area contributed by atoms with E-state index < -0.39 is 6.10 Å². The minimum Gasteiger partial charge on any atom is -0.462 e. The molecule has 1 unspecified atom stereocenters. The van der Waals surface area contributed by atoms with Crippen LogP contribution in [0.1, 0.15) is 232 Å². The van der Waals surface area contributed by atoms with E-state index in [9.17, 15) is 14.7 Å². The molecule has 0 aromatic heterocycles. The summed E-state index contributed by atoms with van der Waals surface area (Å²) in [6, 6.07) is 0. The molecule has 374 valence electrons. The normalized spacial score (nSPS) is 13.2. The van der Waals surface area contributed by atoms with Gasteiger partial charge in [-0.2, -0.15) is 0 Å². The van der Waals surface area contributed by atoms with E-state index in [-0.39, 0.29) is 25.2 Å². The van der Waals surface area contributed by atoms with E-state index in [0.29, 0.717) is 12.8 Å². The molecule has 0 aromatic rings. The van der Waals surface area contributed by atoms with Gasteiger partial charge in [0.15, 0.2) is 6.10 Å². The Hall–Kier alpha value is -3.70. The van der Waals surface area contributed by atoms with Crippen molar-refractivity contribution in [2.75, 3.05) is 13.2 Å². The van der Waals surface area contributed by atoms with Gasteiger partial charge in [0.1, 0.15) is 6.61 Å². The molecule has 66 heavy (non-hydrogen) atoms. The summed E-state index contributed by atoms with van der Waals surface area (Å²) in [5.74, 6) is -0.613. The van der Waals surface area contributed by atoms with Crippen LogP contribution in [0, 0.1) is 0 Å². The van der Waals surface area contributed by atoms with E-state index in [0.717, 1.165) is 103 Å². The van der Waals surface area contributed by atoms with E-state index in [4.69, 9.17) is 9.47 Å². The molecule has 0 aromatic carbocycles. The largest absolute Gasteiger partial charge is 0.462 e. The zero-order valence-electron chi connectivity index (χ0n) is 42.7. The van der Waals surface area contributed by atoms with Gasteiger partial charge in [-0.05, 0) is 109 Å². The third kappa shape index (κ3) is 52.9. The van der Waals surface area contributed by atoms with Gasteiger partial charge in [0, 0.05) is 12.8 Å². The summed E-state index contributed by atoms with van der Waals surface area (Å²) in [7, 11) is 0. The predicted octanol–water partition coefficient (Wildman–Crippen LogP) is 18.3. The summed E-state index contributed by atoms with van der Waals surface area (Å²) in [6.07, 6.45) is 81.5. The average Bonchev–Trinajstić information content (AvgIpc) is 3.32. The molecule has 1 N–H and O–H groups in total. The highest BCUT2D eigenvalue weighted by Crippen LogP contribution is 2.14. The Morgan fingerprint density at radius 2 is 0.652 bits per heavy atom. The summed E-state index contributed by atoms with van der Waals surface area (Å²) in [5.41, 5.74) is 0. The third-order valence-electron chi connectivity index (χ3n) is 11.2. The zero-order valence-corrected chi connectivity index (χ0v) is 42.7. The molecule has 0 aliphatic heterocycles. The third-order valence-corrected chi connectivity index (χ3v) is 11.2. The topological polar surface area (TPSA) is 72.8 Å². The maximum absolute atomic E-state index is 12.3. The molecule has 0 heterocycles. The molecule has 0 fully saturated rings. The van der Waals surface area contributed by atoms with Gasteiger partial charge in [-0.1, -0.05) is 232 Å². The molecule has 0 aliphatic rings. The van der Waals surface area contributed by atoms with Crippen LogP contribution in [-0.2, 0) is 19.1 Å². The van der Waals surface area contributed by atoms with Crippen molar-refractivity contribution in [1.29, 1.82) is 0 Å². The fraction of sp³-hybridized carbons (Fsp3) is 0.639. The van der Waals surface area contributed by atoms with Crippen LogP contribution in [0.25, 0.3) is 0 Å². The molecule has 0 radical (unpaired) electrons. The van der Waals surface area contributed by atoms with Gasteiger partial charge in [0.25, 0.3) is 0 Å². The van der Waals surface area contributed by atoms with Crippen LogP contribution in [-0.4, -0.2) is 36.4 Å². The first-order chi connectivity index (χ1) is 32.6. The number of aliphatic hydroxyl groups is 1. The summed E-state index contributed by atoms with van der Waals surface area (Å²) in [6.45, 7) is 4.01. The number of ether oxygens (including phenoxy) is 2. The molecular weight excluding hydrogens is 813 g/mol. The second-order valence-corrected chi connectivity index (χ2v) is 17.6. The number of rotatable bonds is 48. The molecule has 0 saturated carbocycles. The van der Waals surface area contributed by atoms with Crippen LogP contribution in [0.15, 0.2) is 122 Å². The average molecular weight is 913 g/mol. The molecule has 1 atom stereocenters. The van der Waals surface area contributed by atoms with Crippen LogP contribution in [0.5, 0.6) is 0 Å². The van der Waals surface area contributed by atoms with Gasteiger partial charge >= 0.3 is 11.9 Å². The highest BCUT2D eigenvalue weighted by atomic mass is 16.6. The molecule has 0 rings (SSSR count). The maximum atomic E-state index is 12.3. The highest BCUT2D eigenvalue weighted by Gasteiger charge is 2.16. The lowest BCUT2D eigenvalue weighted by Gasteiger charge is -2.15. The Labute approximate surface area is 407 Å². The SMILES string of the molecule is CC/C=C\C/C=C\C/C=C\C/C=C\C/C=C\C/C=C\C/C=C\C/C=C\C/C=C\CCCCCCCCCC(=O)OC(CO)COC(=O)CCCCCCCCC/C=C\CCCCCCCC. The van der Waals surface area contributed by atoms with Crippen molar-refractivity contribution in [3.63, 3.8) is 0 Å². The molecule has 5 nitrogen and oxygen atoms in total. The molecular formula is C61H100O5. The first kappa shape index (κ1) is 62.3. The van der Waals surface area contributed by atoms with Crippen LogP contribution in [0.3, 0.4) is 0 Å². The van der Waals surface area contributed by atoms with Crippen LogP contribution >= 0.6 is 0 Å². The number of hydrogen-bond donors (Lipinski definition) is 1. The molecule has 5 heteroatoms. The summed E-state index contributed by atoms with van der Waals surface area (Å²) >= 11 is 0. The Balaban J connectivity index is 3.61. The fourth-order valence-electron chi connectivity index (χ4n) is 7.19. The number of carbonyl (C=O) groups excluding carboxylic acids is 2. The first-order valence-electron chi connectivity index (χ1n) is 27.1. The van der Waals surface area contributed by atoms with Crippen molar-refractivity contribution in [3.05, 3.63) is 122 Å².